The Labute approximate surface area is 181 Å². The number of nitrogens with one attached hydrogen (secondary N) is 1. The van der Waals surface area contributed by atoms with Gasteiger partial charge in [0.05, 0.1) is 14.7 Å². The summed E-state index contributed by atoms with van der Waals surface area (Å²) in [6.07, 6.45) is 1.71. The van der Waals surface area contributed by atoms with Crippen LogP contribution >= 0.6 is 0 Å². The highest BCUT2D eigenvalue weighted by atomic mass is 32.2. The van der Waals surface area contributed by atoms with Crippen molar-refractivity contribution in [1.82, 2.24) is 9.03 Å². The SMILES string of the molecule is Cc1ccc([N+](=O)[O-])cc1S(=O)(=O)NCCOc1ccc(S(=O)(=O)N2CCCC2)cc1. The van der Waals surface area contributed by atoms with Crippen molar-refractivity contribution in [3.8, 4) is 5.75 Å². The Balaban J connectivity index is 1.57. The predicted octanol–water partition coefficient (Wildman–Crippen LogP) is 2.05. The van der Waals surface area contributed by atoms with Gasteiger partial charge in [-0.05, 0) is 49.6 Å². The van der Waals surface area contributed by atoms with Crippen LogP contribution < -0.4 is 9.46 Å². The molecular formula is C19H23N3O7S2. The van der Waals surface area contributed by atoms with Crippen LogP contribution in [0.4, 0.5) is 5.69 Å². The van der Waals surface area contributed by atoms with E-state index in [1.165, 1.54) is 40.7 Å². The highest BCUT2D eigenvalue weighted by Gasteiger charge is 2.27. The highest BCUT2D eigenvalue weighted by Crippen LogP contribution is 2.23. The topological polar surface area (TPSA) is 136 Å². The molecule has 1 aliphatic heterocycles. The summed E-state index contributed by atoms with van der Waals surface area (Å²) in [5.74, 6) is 0.395. The van der Waals surface area contributed by atoms with E-state index in [1.807, 2.05) is 0 Å². The molecule has 0 aliphatic carbocycles. The molecule has 12 heteroatoms. The third-order valence-corrected chi connectivity index (χ3v) is 8.38. The van der Waals surface area contributed by atoms with Crippen LogP contribution in [0.25, 0.3) is 0 Å². The zero-order valence-electron chi connectivity index (χ0n) is 16.9. The minimum Gasteiger partial charge on any atom is -0.492 e. The smallest absolute Gasteiger partial charge is 0.270 e. The van der Waals surface area contributed by atoms with Crippen molar-refractivity contribution in [2.45, 2.75) is 29.6 Å². The van der Waals surface area contributed by atoms with Gasteiger partial charge < -0.3 is 4.74 Å². The Hall–Kier alpha value is -2.54. The van der Waals surface area contributed by atoms with Crippen molar-refractivity contribution in [3.63, 3.8) is 0 Å². The fourth-order valence-corrected chi connectivity index (χ4v) is 5.99. The van der Waals surface area contributed by atoms with Gasteiger partial charge in [0.25, 0.3) is 5.69 Å². The molecule has 1 saturated heterocycles. The molecule has 0 bridgehead atoms. The van der Waals surface area contributed by atoms with Crippen molar-refractivity contribution in [2.24, 2.45) is 0 Å². The van der Waals surface area contributed by atoms with Crippen molar-refractivity contribution >= 4 is 25.7 Å². The first kappa shape index (κ1) is 23.1. The largest absolute Gasteiger partial charge is 0.492 e. The van der Waals surface area contributed by atoms with Crippen LogP contribution in [0, 0.1) is 17.0 Å². The van der Waals surface area contributed by atoms with Crippen LogP contribution in [0.5, 0.6) is 5.75 Å². The van der Waals surface area contributed by atoms with Gasteiger partial charge in [-0.25, -0.2) is 21.6 Å². The Kier molecular flexibility index (Phi) is 6.94. The average molecular weight is 470 g/mol. The molecule has 0 aromatic heterocycles. The lowest BCUT2D eigenvalue weighted by Gasteiger charge is -2.15. The van der Waals surface area contributed by atoms with Gasteiger partial charge in [0.2, 0.25) is 20.0 Å². The standard InChI is InChI=1S/C19H23N3O7S2/c1-15-4-5-16(22(23)24)14-19(15)30(25,26)20-10-13-29-17-6-8-18(9-7-17)31(27,28)21-11-2-3-12-21/h4-9,14,20H,2-3,10-13H2,1H3. The van der Waals surface area contributed by atoms with E-state index in [4.69, 9.17) is 4.74 Å². The van der Waals surface area contributed by atoms with Gasteiger partial charge in [0.1, 0.15) is 12.4 Å². The van der Waals surface area contributed by atoms with Crippen LogP contribution in [-0.2, 0) is 20.0 Å². The second kappa shape index (κ2) is 9.30. The lowest BCUT2D eigenvalue weighted by atomic mass is 10.2. The molecule has 1 aliphatic rings. The first-order chi connectivity index (χ1) is 14.6. The maximum absolute atomic E-state index is 12.5. The number of nitrogens with zero attached hydrogens (tertiary/aromatic N) is 2. The van der Waals surface area contributed by atoms with Gasteiger partial charge in [-0.15, -0.1) is 0 Å². The molecule has 3 rings (SSSR count). The van der Waals surface area contributed by atoms with E-state index in [0.29, 0.717) is 24.4 Å². The zero-order valence-corrected chi connectivity index (χ0v) is 18.5. The minimum atomic E-state index is -3.96. The molecule has 10 nitrogen and oxygen atoms in total. The van der Waals surface area contributed by atoms with Gasteiger partial charge in [-0.1, -0.05) is 6.07 Å². The summed E-state index contributed by atoms with van der Waals surface area (Å²) in [5, 5.41) is 10.9. The van der Waals surface area contributed by atoms with Gasteiger partial charge in [-0.2, -0.15) is 4.31 Å². The summed E-state index contributed by atoms with van der Waals surface area (Å²) < 4.78 is 59.2. The molecule has 0 saturated carbocycles. The van der Waals surface area contributed by atoms with E-state index < -0.39 is 25.0 Å². The molecule has 0 spiro atoms. The molecule has 168 valence electrons. The Morgan fingerprint density at radius 1 is 1.06 bits per heavy atom. The number of ether oxygens (including phenoxy) is 1. The third-order valence-electron chi connectivity index (χ3n) is 4.86. The summed E-state index contributed by atoms with van der Waals surface area (Å²) >= 11 is 0. The maximum atomic E-state index is 12.5. The second-order valence-corrected chi connectivity index (χ2v) is 10.7. The monoisotopic (exact) mass is 469 g/mol. The number of nitro groups is 1. The molecule has 0 unspecified atom stereocenters. The summed E-state index contributed by atoms with van der Waals surface area (Å²) in [5.41, 5.74) is 0.0695. The Bertz CT molecular complexity index is 1160. The lowest BCUT2D eigenvalue weighted by molar-refractivity contribution is -0.385. The van der Waals surface area contributed by atoms with Crippen LogP contribution in [-0.4, -0.2) is 52.3 Å². The molecule has 0 amide bonds. The van der Waals surface area contributed by atoms with Crippen molar-refractivity contribution in [2.75, 3.05) is 26.2 Å². The summed E-state index contributed by atoms with van der Waals surface area (Å²) in [4.78, 5) is 10.3. The molecule has 2 aromatic carbocycles. The molecule has 1 heterocycles. The normalized spacial score (nSPS) is 15.1. The van der Waals surface area contributed by atoms with Crippen LogP contribution in [0.1, 0.15) is 18.4 Å². The maximum Gasteiger partial charge on any atom is 0.270 e. The second-order valence-electron chi connectivity index (χ2n) is 7.04. The lowest BCUT2D eigenvalue weighted by Crippen LogP contribution is -2.29. The molecular weight excluding hydrogens is 446 g/mol. The first-order valence-electron chi connectivity index (χ1n) is 9.59. The van der Waals surface area contributed by atoms with Crippen molar-refractivity contribution in [3.05, 3.63) is 58.1 Å². The summed E-state index contributed by atoms with van der Waals surface area (Å²) in [6, 6.07) is 9.58. The molecule has 31 heavy (non-hydrogen) atoms. The molecule has 1 N–H and O–H groups in total. The van der Waals surface area contributed by atoms with E-state index >= 15 is 0 Å². The van der Waals surface area contributed by atoms with Crippen molar-refractivity contribution < 1.29 is 26.5 Å². The zero-order chi connectivity index (χ0) is 22.6. The number of rotatable bonds is 9. The number of aryl methyl sites for hydroxylation is 1. The third kappa shape index (κ3) is 5.39. The predicted molar refractivity (Wildman–Crippen MR) is 113 cm³/mol. The number of sulfonamides is 2. The fourth-order valence-electron chi connectivity index (χ4n) is 3.20. The van der Waals surface area contributed by atoms with Gasteiger partial charge in [-0.3, -0.25) is 10.1 Å². The van der Waals surface area contributed by atoms with Gasteiger partial charge in [0, 0.05) is 31.8 Å². The quantitative estimate of drug-likeness (QED) is 0.337. The molecule has 0 radical (unpaired) electrons. The number of benzene rings is 2. The number of hydrogen-bond acceptors (Lipinski definition) is 7. The number of nitro benzene ring substituents is 1. The van der Waals surface area contributed by atoms with E-state index in [2.05, 4.69) is 4.72 Å². The highest BCUT2D eigenvalue weighted by molar-refractivity contribution is 7.89. The molecule has 2 aromatic rings. The number of hydrogen-bond donors (Lipinski definition) is 1. The summed E-state index contributed by atoms with van der Waals surface area (Å²) in [6.45, 7) is 2.51. The fraction of sp³-hybridized carbons (Fsp3) is 0.368. The minimum absolute atomic E-state index is 0.00851. The van der Waals surface area contributed by atoms with Crippen LogP contribution in [0.2, 0.25) is 0 Å². The van der Waals surface area contributed by atoms with Crippen LogP contribution in [0.15, 0.2) is 52.3 Å². The first-order valence-corrected chi connectivity index (χ1v) is 12.5. The van der Waals surface area contributed by atoms with E-state index in [9.17, 15) is 26.9 Å². The number of non-ortho nitro benzene ring substituents is 1. The van der Waals surface area contributed by atoms with Gasteiger partial charge >= 0.3 is 0 Å². The average Bonchev–Trinajstić information content (AvgIpc) is 3.27. The molecule has 0 atom stereocenters. The van der Waals surface area contributed by atoms with Crippen LogP contribution in [0.3, 0.4) is 0 Å². The van der Waals surface area contributed by atoms with E-state index in [-0.39, 0.29) is 28.6 Å². The van der Waals surface area contributed by atoms with Gasteiger partial charge in [0.15, 0.2) is 0 Å². The van der Waals surface area contributed by atoms with E-state index in [0.717, 1.165) is 18.9 Å². The van der Waals surface area contributed by atoms with E-state index in [1.54, 1.807) is 6.92 Å². The Morgan fingerprint density at radius 3 is 2.32 bits per heavy atom. The van der Waals surface area contributed by atoms with Crippen molar-refractivity contribution in [1.29, 1.82) is 0 Å². The molecule has 1 fully saturated rings. The Morgan fingerprint density at radius 2 is 1.71 bits per heavy atom. The summed E-state index contributed by atoms with van der Waals surface area (Å²) in [7, 11) is -7.46.